The van der Waals surface area contributed by atoms with Gasteiger partial charge in [0.25, 0.3) is 5.91 Å². The fourth-order valence-electron chi connectivity index (χ4n) is 1.50. The van der Waals surface area contributed by atoms with Crippen molar-refractivity contribution in [1.82, 2.24) is 5.32 Å². The van der Waals surface area contributed by atoms with Crippen molar-refractivity contribution in [2.75, 3.05) is 6.61 Å². The molecule has 0 aliphatic carbocycles. The van der Waals surface area contributed by atoms with Crippen LogP contribution in [-0.4, -0.2) is 48.5 Å². The lowest BCUT2D eigenvalue weighted by Gasteiger charge is -2.28. The zero-order valence-corrected chi connectivity index (χ0v) is 13.3. The van der Waals surface area contributed by atoms with Gasteiger partial charge in [-0.15, -0.1) is 0 Å². The SMILES string of the molecule is CCCCOC(=O)[C@H](CCC(=O)[O-])NC(=O)C(F)(F)C(F)(F)C(F)(F)F. The number of carboxylic acid groups (broad SMARTS) is 1. The van der Waals surface area contributed by atoms with Crippen LogP contribution in [0.1, 0.15) is 32.6 Å². The molecule has 0 aliphatic heterocycles. The summed E-state index contributed by atoms with van der Waals surface area (Å²) in [6.07, 6.45) is -7.80. The van der Waals surface area contributed by atoms with Crippen molar-refractivity contribution in [3.8, 4) is 0 Å². The van der Waals surface area contributed by atoms with Gasteiger partial charge in [-0.05, 0) is 19.3 Å². The van der Waals surface area contributed by atoms with Crippen LogP contribution < -0.4 is 10.4 Å². The quantitative estimate of drug-likeness (QED) is 0.339. The van der Waals surface area contributed by atoms with E-state index in [4.69, 9.17) is 0 Å². The molecule has 0 radical (unpaired) electrons. The van der Waals surface area contributed by atoms with Crippen LogP contribution in [0.5, 0.6) is 0 Å². The molecule has 0 aliphatic rings. The summed E-state index contributed by atoms with van der Waals surface area (Å²) in [5, 5.41) is 11.4. The fourth-order valence-corrected chi connectivity index (χ4v) is 1.50. The van der Waals surface area contributed by atoms with E-state index < -0.39 is 54.8 Å². The molecule has 1 N–H and O–H groups in total. The summed E-state index contributed by atoms with van der Waals surface area (Å²) in [6.45, 7) is 1.42. The highest BCUT2D eigenvalue weighted by atomic mass is 19.4. The molecule has 0 fully saturated rings. The summed E-state index contributed by atoms with van der Waals surface area (Å²) in [5.41, 5.74) is 0. The van der Waals surface area contributed by atoms with Gasteiger partial charge in [-0.1, -0.05) is 13.3 Å². The van der Waals surface area contributed by atoms with E-state index in [0.29, 0.717) is 12.8 Å². The standard InChI is InChI=1S/C13H16F7NO5/c1-2-3-6-26-9(24)7(4-5-8(22)23)21-10(25)11(14,15)12(16,17)13(18,19)20/h7H,2-6H2,1H3,(H,21,25)(H,22,23)/p-1/t7-/m0/s1. The lowest BCUT2D eigenvalue weighted by atomic mass is 10.1. The first-order chi connectivity index (χ1) is 11.7. The first kappa shape index (κ1) is 23.9. The number of rotatable bonds is 10. The number of halogens is 7. The van der Waals surface area contributed by atoms with Crippen LogP contribution in [0.25, 0.3) is 0 Å². The summed E-state index contributed by atoms with van der Waals surface area (Å²) < 4.78 is 92.8. The van der Waals surface area contributed by atoms with Crippen molar-refractivity contribution in [3.63, 3.8) is 0 Å². The lowest BCUT2D eigenvalue weighted by Crippen LogP contribution is -2.61. The van der Waals surface area contributed by atoms with Gasteiger partial charge in [0.05, 0.1) is 6.61 Å². The van der Waals surface area contributed by atoms with E-state index >= 15 is 0 Å². The summed E-state index contributed by atoms with van der Waals surface area (Å²) in [5.74, 6) is -19.3. The molecule has 1 atom stereocenters. The van der Waals surface area contributed by atoms with Crippen molar-refractivity contribution in [3.05, 3.63) is 0 Å². The first-order valence-electron chi connectivity index (χ1n) is 7.18. The predicted octanol–water partition coefficient (Wildman–Crippen LogP) is 1.18. The Morgan fingerprint density at radius 1 is 1.08 bits per heavy atom. The molecule has 0 bridgehead atoms. The Morgan fingerprint density at radius 2 is 1.62 bits per heavy atom. The Bertz CT molecular complexity index is 522. The molecule has 26 heavy (non-hydrogen) atoms. The number of carboxylic acids is 1. The van der Waals surface area contributed by atoms with Crippen molar-refractivity contribution in [2.45, 2.75) is 56.7 Å². The van der Waals surface area contributed by atoms with E-state index in [-0.39, 0.29) is 6.61 Å². The largest absolute Gasteiger partial charge is 0.550 e. The second kappa shape index (κ2) is 9.03. The zero-order valence-electron chi connectivity index (χ0n) is 13.3. The first-order valence-corrected chi connectivity index (χ1v) is 7.18. The van der Waals surface area contributed by atoms with Gasteiger partial charge >= 0.3 is 24.0 Å². The van der Waals surface area contributed by atoms with Crippen LogP contribution >= 0.6 is 0 Å². The number of hydrogen-bond donors (Lipinski definition) is 1. The highest BCUT2D eigenvalue weighted by Gasteiger charge is 2.76. The molecule has 0 heterocycles. The minimum absolute atomic E-state index is 0.262. The molecule has 0 rings (SSSR count). The van der Waals surface area contributed by atoms with Gasteiger partial charge in [-0.3, -0.25) is 4.79 Å². The van der Waals surface area contributed by atoms with Crippen molar-refractivity contribution < 1.29 is 55.0 Å². The molecule has 0 saturated heterocycles. The maximum atomic E-state index is 13.3. The van der Waals surface area contributed by atoms with Crippen molar-refractivity contribution in [2.24, 2.45) is 0 Å². The Hall–Kier alpha value is -2.08. The molecule has 13 heteroatoms. The van der Waals surface area contributed by atoms with E-state index in [9.17, 15) is 50.2 Å². The number of ether oxygens (including phenoxy) is 1. The van der Waals surface area contributed by atoms with Gasteiger partial charge in [-0.2, -0.15) is 30.7 Å². The molecule has 0 aromatic rings. The molecule has 0 spiro atoms. The van der Waals surface area contributed by atoms with Crippen LogP contribution in [0, 0.1) is 0 Å². The average molecular weight is 398 g/mol. The minimum atomic E-state index is -6.74. The number of carbonyl (C=O) groups excluding carboxylic acids is 3. The summed E-state index contributed by atoms with van der Waals surface area (Å²) in [6, 6.07) is -2.17. The number of alkyl halides is 7. The Balaban J connectivity index is 5.31. The smallest absolute Gasteiger partial charge is 0.460 e. The average Bonchev–Trinajstić information content (AvgIpc) is 2.49. The maximum Gasteiger partial charge on any atom is 0.460 e. The molecule has 152 valence electrons. The zero-order chi connectivity index (χ0) is 20.8. The van der Waals surface area contributed by atoms with Crippen LogP contribution in [0.3, 0.4) is 0 Å². The van der Waals surface area contributed by atoms with Crippen LogP contribution in [0.15, 0.2) is 0 Å². The van der Waals surface area contributed by atoms with E-state index in [2.05, 4.69) is 4.74 Å². The maximum absolute atomic E-state index is 13.3. The highest BCUT2D eigenvalue weighted by molar-refractivity contribution is 5.89. The third-order valence-electron chi connectivity index (χ3n) is 3.00. The number of amides is 1. The monoisotopic (exact) mass is 398 g/mol. The Kier molecular flexibility index (Phi) is 8.31. The molecule has 0 unspecified atom stereocenters. The third kappa shape index (κ3) is 6.02. The lowest BCUT2D eigenvalue weighted by molar-refractivity contribution is -0.344. The summed E-state index contributed by atoms with van der Waals surface area (Å²) in [7, 11) is 0. The summed E-state index contributed by atoms with van der Waals surface area (Å²) >= 11 is 0. The molecule has 0 aromatic heterocycles. The molecular weight excluding hydrogens is 383 g/mol. The van der Waals surface area contributed by atoms with Gasteiger partial charge in [0.1, 0.15) is 6.04 Å². The van der Waals surface area contributed by atoms with Crippen LogP contribution in [0.2, 0.25) is 0 Å². The van der Waals surface area contributed by atoms with Crippen LogP contribution in [0.4, 0.5) is 30.7 Å². The van der Waals surface area contributed by atoms with Gasteiger partial charge < -0.3 is 20.0 Å². The highest BCUT2D eigenvalue weighted by Crippen LogP contribution is 2.46. The van der Waals surface area contributed by atoms with Gasteiger partial charge in [-0.25, -0.2) is 4.79 Å². The minimum Gasteiger partial charge on any atom is -0.550 e. The van der Waals surface area contributed by atoms with Gasteiger partial charge in [0.15, 0.2) is 0 Å². The number of carbonyl (C=O) groups is 3. The topological polar surface area (TPSA) is 95.5 Å². The Labute approximate surface area is 142 Å². The van der Waals surface area contributed by atoms with E-state index in [1.165, 1.54) is 0 Å². The number of esters is 1. The number of nitrogens with one attached hydrogen (secondary N) is 1. The van der Waals surface area contributed by atoms with E-state index in [1.54, 1.807) is 6.92 Å². The van der Waals surface area contributed by atoms with Crippen molar-refractivity contribution in [1.29, 1.82) is 0 Å². The second-order valence-electron chi connectivity index (χ2n) is 5.10. The molecule has 6 nitrogen and oxygen atoms in total. The normalized spacial score (nSPS) is 13.8. The van der Waals surface area contributed by atoms with Crippen LogP contribution in [-0.2, 0) is 19.1 Å². The second-order valence-corrected chi connectivity index (χ2v) is 5.10. The number of hydrogen-bond acceptors (Lipinski definition) is 5. The molecule has 0 saturated carbocycles. The Morgan fingerprint density at radius 3 is 2.04 bits per heavy atom. The predicted molar refractivity (Wildman–Crippen MR) is 68.0 cm³/mol. The van der Waals surface area contributed by atoms with E-state index in [0.717, 1.165) is 5.32 Å². The number of aliphatic carboxylic acids is 1. The summed E-state index contributed by atoms with van der Waals surface area (Å²) in [4.78, 5) is 33.2. The molecular formula is C13H15F7NO5-. The third-order valence-corrected chi connectivity index (χ3v) is 3.00. The van der Waals surface area contributed by atoms with Gasteiger partial charge in [0, 0.05) is 5.97 Å². The fraction of sp³-hybridized carbons (Fsp3) is 0.769. The number of unbranched alkanes of at least 4 members (excludes halogenated alkanes) is 1. The molecule has 1 amide bonds. The molecule has 0 aromatic carbocycles. The van der Waals surface area contributed by atoms with Crippen molar-refractivity contribution >= 4 is 17.8 Å². The van der Waals surface area contributed by atoms with Gasteiger partial charge in [0.2, 0.25) is 0 Å². The van der Waals surface area contributed by atoms with E-state index in [1.807, 2.05) is 0 Å².